The van der Waals surface area contributed by atoms with Crippen LogP contribution in [0.2, 0.25) is 0 Å². The number of carbonyl (C=O) groups is 1. The first-order valence-corrected chi connectivity index (χ1v) is 10.7. The van der Waals surface area contributed by atoms with Gasteiger partial charge in [-0.05, 0) is 37.5 Å². The van der Waals surface area contributed by atoms with E-state index in [-0.39, 0.29) is 31.7 Å². The van der Waals surface area contributed by atoms with E-state index in [1.807, 2.05) is 0 Å². The maximum Gasteiger partial charge on any atom is 0.228 e. The number of hydrogen-bond donors (Lipinski definition) is 1. The van der Waals surface area contributed by atoms with Crippen molar-refractivity contribution in [2.45, 2.75) is 26.4 Å². The van der Waals surface area contributed by atoms with Crippen molar-refractivity contribution in [1.82, 2.24) is 9.97 Å². The number of hydrogen-bond acceptors (Lipinski definition) is 5. The summed E-state index contributed by atoms with van der Waals surface area (Å²) < 4.78 is 66.4. The van der Waals surface area contributed by atoms with Crippen molar-refractivity contribution >= 4 is 11.6 Å². The minimum absolute atomic E-state index is 0.0240. The molecule has 1 heterocycles. The normalized spacial score (nSPS) is 23.7. The second-order valence-corrected chi connectivity index (χ2v) is 8.48. The minimum Gasteiger partial charge on any atom is -0.489 e. The summed E-state index contributed by atoms with van der Waals surface area (Å²) in [5.74, 6) is -4.29. The van der Waals surface area contributed by atoms with Crippen LogP contribution in [-0.2, 0) is 16.1 Å². The molecule has 2 aliphatic carbocycles. The molecule has 4 rings (SSSR count). The summed E-state index contributed by atoms with van der Waals surface area (Å²) in [6.45, 7) is 1.86. The molecule has 1 unspecified atom stereocenters. The Morgan fingerprint density at radius 3 is 2.79 bits per heavy atom. The molecule has 6 nitrogen and oxygen atoms in total. The van der Waals surface area contributed by atoms with Crippen LogP contribution in [-0.4, -0.2) is 29.6 Å². The van der Waals surface area contributed by atoms with Gasteiger partial charge >= 0.3 is 0 Å². The van der Waals surface area contributed by atoms with Crippen LogP contribution in [0.15, 0.2) is 48.2 Å². The van der Waals surface area contributed by atoms with Crippen molar-refractivity contribution in [3.8, 4) is 5.75 Å². The van der Waals surface area contributed by atoms with Crippen LogP contribution in [0.4, 0.5) is 23.2 Å². The number of aromatic nitrogens is 2. The first kappa shape index (κ1) is 23.9. The van der Waals surface area contributed by atoms with E-state index in [9.17, 15) is 22.4 Å². The Kier molecular flexibility index (Phi) is 6.70. The highest BCUT2D eigenvalue weighted by Gasteiger charge is 2.63. The number of amides is 1. The number of carbonyl (C=O) groups excluding carboxylic acids is 1. The summed E-state index contributed by atoms with van der Waals surface area (Å²) in [5, 5.41) is 2.41. The molecule has 0 bridgehead atoms. The van der Waals surface area contributed by atoms with Crippen LogP contribution in [0.3, 0.4) is 0 Å². The molecule has 0 radical (unpaired) electrons. The van der Waals surface area contributed by atoms with Gasteiger partial charge in [0.15, 0.2) is 11.6 Å². The van der Waals surface area contributed by atoms with Gasteiger partial charge < -0.3 is 14.8 Å². The van der Waals surface area contributed by atoms with E-state index in [4.69, 9.17) is 9.47 Å². The van der Waals surface area contributed by atoms with Crippen LogP contribution >= 0.6 is 0 Å². The second-order valence-electron chi connectivity index (χ2n) is 8.48. The van der Waals surface area contributed by atoms with Crippen LogP contribution in [0.5, 0.6) is 5.75 Å². The average Bonchev–Trinajstić information content (AvgIpc) is 3.54. The molecular formula is C24H23F4N3O3. The summed E-state index contributed by atoms with van der Waals surface area (Å²) in [4.78, 5) is 21.4. The highest BCUT2D eigenvalue weighted by atomic mass is 19.2. The van der Waals surface area contributed by atoms with E-state index < -0.39 is 46.4 Å². The first-order valence-electron chi connectivity index (χ1n) is 10.7. The predicted molar refractivity (Wildman–Crippen MR) is 115 cm³/mol. The Morgan fingerprint density at radius 2 is 2.06 bits per heavy atom. The molecule has 1 fully saturated rings. The zero-order valence-electron chi connectivity index (χ0n) is 18.6. The fraction of sp³-hybridized carbons (Fsp3) is 0.375. The fourth-order valence-electron chi connectivity index (χ4n) is 4.29. The molecule has 1 saturated carbocycles. The number of nitrogens with zero attached hydrogens (tertiary/aromatic N) is 2. The van der Waals surface area contributed by atoms with Crippen molar-refractivity contribution in [2.24, 2.45) is 17.3 Å². The Morgan fingerprint density at radius 1 is 1.26 bits per heavy atom. The Bertz CT molecular complexity index is 1170. The zero-order valence-corrected chi connectivity index (χ0v) is 18.6. The van der Waals surface area contributed by atoms with Gasteiger partial charge in [-0.2, -0.15) is 0 Å². The van der Waals surface area contributed by atoms with E-state index in [0.717, 1.165) is 24.3 Å². The molecule has 2 aliphatic rings. The first-order chi connectivity index (χ1) is 16.2. The fourth-order valence-corrected chi connectivity index (χ4v) is 4.29. The molecule has 1 aromatic heterocycles. The molecule has 0 aliphatic heterocycles. The highest BCUT2D eigenvalue weighted by Crippen LogP contribution is 2.61. The molecule has 1 aromatic carbocycles. The standard InChI is InChI=1S/C24H23F4N3O3/c1-13-29-10-22(21(30-13)11-33-2)34-12-24(14-3-5-17(26)19(28)7-14)9-16(24)23(32)31-20-8-15(25)4-6-18(20)27/h3-6,8,10,14,16H,7,9,11-12H2,1-2H3,(H,31,32)/t14?,16-,24+/m0/s1. The lowest BCUT2D eigenvalue weighted by Gasteiger charge is -2.27. The largest absolute Gasteiger partial charge is 0.489 e. The summed E-state index contributed by atoms with van der Waals surface area (Å²) in [6, 6.07) is 2.74. The number of allylic oxidation sites excluding steroid dienone is 4. The number of halogens is 4. The third-order valence-corrected chi connectivity index (χ3v) is 6.22. The molecule has 180 valence electrons. The molecule has 10 heteroatoms. The molecule has 0 spiro atoms. The van der Waals surface area contributed by atoms with Gasteiger partial charge in [-0.25, -0.2) is 27.5 Å². The molecular weight excluding hydrogens is 454 g/mol. The number of aryl methyl sites for hydroxylation is 1. The lowest BCUT2D eigenvalue weighted by Crippen LogP contribution is -2.30. The summed E-state index contributed by atoms with van der Waals surface area (Å²) >= 11 is 0. The molecule has 1 amide bonds. The van der Waals surface area contributed by atoms with E-state index >= 15 is 0 Å². The van der Waals surface area contributed by atoms with Gasteiger partial charge in [-0.1, -0.05) is 6.08 Å². The second kappa shape index (κ2) is 9.54. The zero-order chi connectivity index (χ0) is 24.5. The van der Waals surface area contributed by atoms with Crippen LogP contribution < -0.4 is 10.1 Å². The van der Waals surface area contributed by atoms with Gasteiger partial charge in [-0.15, -0.1) is 0 Å². The maximum absolute atomic E-state index is 14.1. The van der Waals surface area contributed by atoms with E-state index in [1.54, 1.807) is 6.92 Å². The van der Waals surface area contributed by atoms with E-state index in [1.165, 1.54) is 19.4 Å². The lowest BCUT2D eigenvalue weighted by atomic mass is 9.82. The number of nitrogens with one attached hydrogen (secondary N) is 1. The minimum atomic E-state index is -0.954. The van der Waals surface area contributed by atoms with E-state index in [0.29, 0.717) is 17.3 Å². The topological polar surface area (TPSA) is 73.3 Å². The van der Waals surface area contributed by atoms with Gasteiger partial charge in [0.25, 0.3) is 0 Å². The van der Waals surface area contributed by atoms with Gasteiger partial charge in [0, 0.05) is 30.9 Å². The molecule has 0 saturated heterocycles. The van der Waals surface area contributed by atoms with Crippen molar-refractivity contribution < 1.29 is 31.8 Å². The predicted octanol–water partition coefficient (Wildman–Crippen LogP) is 4.96. The lowest BCUT2D eigenvalue weighted by molar-refractivity contribution is -0.118. The number of benzene rings is 1. The molecule has 2 aromatic rings. The summed E-state index contributed by atoms with van der Waals surface area (Å²) in [5.41, 5.74) is -0.681. The van der Waals surface area contributed by atoms with Crippen LogP contribution in [0, 0.1) is 35.8 Å². The SMILES string of the molecule is COCc1nc(C)ncc1OC[C@@]1(C2C=CC(F)=C(F)C2)C[C@H]1C(=O)Nc1cc(F)ccc1F. The summed E-state index contributed by atoms with van der Waals surface area (Å²) in [7, 11) is 1.51. The van der Waals surface area contributed by atoms with Gasteiger partial charge in [0.2, 0.25) is 5.91 Å². The van der Waals surface area contributed by atoms with Gasteiger partial charge in [0.1, 0.15) is 29.0 Å². The number of methoxy groups -OCH3 is 1. The van der Waals surface area contributed by atoms with Crippen molar-refractivity contribution in [3.63, 3.8) is 0 Å². The quantitative estimate of drug-likeness (QED) is 0.544. The Labute approximate surface area is 193 Å². The third kappa shape index (κ3) is 4.82. The van der Waals surface area contributed by atoms with Crippen molar-refractivity contribution in [1.29, 1.82) is 0 Å². The van der Waals surface area contributed by atoms with Crippen LogP contribution in [0.1, 0.15) is 24.4 Å². The Hall–Kier alpha value is -3.27. The smallest absolute Gasteiger partial charge is 0.228 e. The van der Waals surface area contributed by atoms with Crippen molar-refractivity contribution in [2.75, 3.05) is 19.0 Å². The molecule has 34 heavy (non-hydrogen) atoms. The molecule has 1 N–H and O–H groups in total. The summed E-state index contributed by atoms with van der Waals surface area (Å²) in [6.07, 6.45) is 4.08. The highest BCUT2D eigenvalue weighted by molar-refractivity contribution is 5.95. The van der Waals surface area contributed by atoms with E-state index in [2.05, 4.69) is 15.3 Å². The number of anilines is 1. The monoisotopic (exact) mass is 477 g/mol. The Balaban J connectivity index is 1.57. The third-order valence-electron chi connectivity index (χ3n) is 6.22. The number of ether oxygens (including phenoxy) is 2. The van der Waals surface area contributed by atoms with Crippen LogP contribution in [0.25, 0.3) is 0 Å². The molecule has 3 atom stereocenters. The van der Waals surface area contributed by atoms with Crippen molar-refractivity contribution in [3.05, 3.63) is 71.4 Å². The average molecular weight is 477 g/mol. The number of rotatable bonds is 8. The van der Waals surface area contributed by atoms with Gasteiger partial charge in [-0.3, -0.25) is 4.79 Å². The maximum atomic E-state index is 14.1. The van der Waals surface area contributed by atoms with Gasteiger partial charge in [0.05, 0.1) is 25.1 Å².